The lowest BCUT2D eigenvalue weighted by molar-refractivity contribution is 0.580. The van der Waals surface area contributed by atoms with Crippen LogP contribution in [0.1, 0.15) is 25.3 Å². The van der Waals surface area contributed by atoms with Gasteiger partial charge < -0.3 is 10.6 Å². The van der Waals surface area contributed by atoms with Gasteiger partial charge in [0.15, 0.2) is 9.84 Å². The SMILES string of the molecule is CNCC1CS(=O)(=O)c2cc(C(C)C)ccc2N1. The minimum Gasteiger partial charge on any atom is -0.379 e. The molecule has 0 spiro atoms. The summed E-state index contributed by atoms with van der Waals surface area (Å²) in [7, 11) is -1.35. The van der Waals surface area contributed by atoms with E-state index in [1.807, 2.05) is 19.2 Å². The highest BCUT2D eigenvalue weighted by Gasteiger charge is 2.29. The highest BCUT2D eigenvalue weighted by Crippen LogP contribution is 2.31. The quantitative estimate of drug-likeness (QED) is 0.874. The summed E-state index contributed by atoms with van der Waals surface area (Å²) >= 11 is 0. The average Bonchev–Trinajstić information content (AvgIpc) is 2.28. The molecule has 1 aromatic carbocycles. The number of anilines is 1. The number of hydrogen-bond acceptors (Lipinski definition) is 4. The first-order valence-electron chi connectivity index (χ1n) is 6.22. The van der Waals surface area contributed by atoms with E-state index in [9.17, 15) is 8.42 Å². The summed E-state index contributed by atoms with van der Waals surface area (Å²) < 4.78 is 24.5. The van der Waals surface area contributed by atoms with E-state index in [1.54, 1.807) is 6.07 Å². The molecule has 1 atom stereocenters. The monoisotopic (exact) mass is 268 g/mol. The minimum atomic E-state index is -3.17. The molecule has 2 rings (SSSR count). The van der Waals surface area contributed by atoms with Crippen molar-refractivity contribution >= 4 is 15.5 Å². The summed E-state index contributed by atoms with van der Waals surface area (Å²) in [5.41, 5.74) is 1.79. The smallest absolute Gasteiger partial charge is 0.182 e. The molecule has 0 saturated heterocycles. The zero-order valence-electron chi connectivity index (χ0n) is 11.0. The average molecular weight is 268 g/mol. The predicted molar refractivity (Wildman–Crippen MR) is 73.9 cm³/mol. The van der Waals surface area contributed by atoms with Crippen LogP contribution in [0.5, 0.6) is 0 Å². The van der Waals surface area contributed by atoms with Crippen molar-refractivity contribution < 1.29 is 8.42 Å². The van der Waals surface area contributed by atoms with Crippen molar-refractivity contribution in [3.05, 3.63) is 23.8 Å². The topological polar surface area (TPSA) is 58.2 Å². The van der Waals surface area contributed by atoms with Crippen molar-refractivity contribution in [1.29, 1.82) is 0 Å². The van der Waals surface area contributed by atoms with Gasteiger partial charge in [-0.05, 0) is 30.7 Å². The van der Waals surface area contributed by atoms with Gasteiger partial charge in [-0.25, -0.2) is 8.42 Å². The molecule has 1 aromatic rings. The van der Waals surface area contributed by atoms with Gasteiger partial charge in [0, 0.05) is 6.54 Å². The molecule has 1 aliphatic heterocycles. The Morgan fingerprint density at radius 3 is 2.78 bits per heavy atom. The van der Waals surface area contributed by atoms with Crippen LogP contribution >= 0.6 is 0 Å². The van der Waals surface area contributed by atoms with E-state index >= 15 is 0 Å². The fraction of sp³-hybridized carbons (Fsp3) is 0.538. The highest BCUT2D eigenvalue weighted by atomic mass is 32.2. The van der Waals surface area contributed by atoms with Gasteiger partial charge in [-0.2, -0.15) is 0 Å². The number of likely N-dealkylation sites (N-methyl/N-ethyl adjacent to an activating group) is 1. The van der Waals surface area contributed by atoms with Crippen LogP contribution in [0.25, 0.3) is 0 Å². The number of fused-ring (bicyclic) bond motifs is 1. The second-order valence-corrected chi connectivity index (χ2v) is 7.09. The van der Waals surface area contributed by atoms with Crippen LogP contribution < -0.4 is 10.6 Å². The van der Waals surface area contributed by atoms with Crippen molar-refractivity contribution in [2.75, 3.05) is 24.7 Å². The molecule has 0 bridgehead atoms. The first kappa shape index (κ1) is 13.4. The summed E-state index contributed by atoms with van der Waals surface area (Å²) in [6, 6.07) is 5.62. The van der Waals surface area contributed by atoms with Crippen molar-refractivity contribution in [3.63, 3.8) is 0 Å². The number of nitrogens with one attached hydrogen (secondary N) is 2. The lowest BCUT2D eigenvalue weighted by atomic mass is 10.0. The first-order valence-corrected chi connectivity index (χ1v) is 7.87. The Morgan fingerprint density at radius 1 is 1.44 bits per heavy atom. The van der Waals surface area contributed by atoms with Crippen LogP contribution in [-0.4, -0.2) is 33.8 Å². The Kier molecular flexibility index (Phi) is 3.64. The molecule has 0 aliphatic carbocycles. The Hall–Kier alpha value is -1.07. The Bertz CT molecular complexity index is 538. The maximum atomic E-state index is 12.3. The summed E-state index contributed by atoms with van der Waals surface area (Å²) in [5, 5.41) is 6.29. The van der Waals surface area contributed by atoms with Gasteiger partial charge in [0.05, 0.1) is 22.4 Å². The summed E-state index contributed by atoms with van der Waals surface area (Å²) in [6.45, 7) is 4.77. The standard InChI is InChI=1S/C13H20N2O2S/c1-9(2)10-4-5-12-13(6-10)18(16,17)8-11(15-12)7-14-3/h4-6,9,11,14-15H,7-8H2,1-3H3. The molecule has 100 valence electrons. The fourth-order valence-corrected chi connectivity index (χ4v) is 3.94. The van der Waals surface area contributed by atoms with Crippen LogP contribution in [0, 0.1) is 0 Å². The van der Waals surface area contributed by atoms with Gasteiger partial charge >= 0.3 is 0 Å². The van der Waals surface area contributed by atoms with Crippen molar-refractivity contribution in [3.8, 4) is 0 Å². The third kappa shape index (κ3) is 2.52. The van der Waals surface area contributed by atoms with Crippen molar-refractivity contribution in [2.24, 2.45) is 0 Å². The predicted octanol–water partition coefficient (Wildman–Crippen LogP) is 1.60. The highest BCUT2D eigenvalue weighted by molar-refractivity contribution is 7.91. The molecule has 0 fully saturated rings. The fourth-order valence-electron chi connectivity index (χ4n) is 2.25. The van der Waals surface area contributed by atoms with E-state index in [0.29, 0.717) is 17.4 Å². The van der Waals surface area contributed by atoms with E-state index in [1.165, 1.54) is 0 Å². The van der Waals surface area contributed by atoms with Gasteiger partial charge in [-0.3, -0.25) is 0 Å². The molecule has 0 amide bonds. The first-order chi connectivity index (χ1) is 8.44. The summed E-state index contributed by atoms with van der Waals surface area (Å²) in [6.07, 6.45) is 0. The zero-order valence-corrected chi connectivity index (χ0v) is 11.8. The van der Waals surface area contributed by atoms with E-state index in [-0.39, 0.29) is 11.8 Å². The number of hydrogen-bond donors (Lipinski definition) is 2. The van der Waals surface area contributed by atoms with E-state index in [0.717, 1.165) is 11.3 Å². The molecule has 1 heterocycles. The normalized spacial score (nSPS) is 21.4. The van der Waals surface area contributed by atoms with Crippen molar-refractivity contribution in [2.45, 2.75) is 30.7 Å². The third-order valence-corrected chi connectivity index (χ3v) is 5.09. The van der Waals surface area contributed by atoms with Crippen LogP contribution in [0.3, 0.4) is 0 Å². The van der Waals surface area contributed by atoms with Gasteiger partial charge in [-0.1, -0.05) is 19.9 Å². The molecule has 18 heavy (non-hydrogen) atoms. The number of rotatable bonds is 3. The molecule has 1 aliphatic rings. The molecule has 1 unspecified atom stereocenters. The minimum absolute atomic E-state index is 0.0580. The molecule has 0 radical (unpaired) electrons. The number of benzene rings is 1. The van der Waals surface area contributed by atoms with Gasteiger partial charge in [-0.15, -0.1) is 0 Å². The van der Waals surface area contributed by atoms with Gasteiger partial charge in [0.25, 0.3) is 0 Å². The lowest BCUT2D eigenvalue weighted by Gasteiger charge is -2.27. The van der Waals surface area contributed by atoms with E-state index in [2.05, 4.69) is 24.5 Å². The van der Waals surface area contributed by atoms with Crippen LogP contribution in [0.2, 0.25) is 0 Å². The molecule has 5 heteroatoms. The van der Waals surface area contributed by atoms with Gasteiger partial charge in [0.2, 0.25) is 0 Å². The summed E-state index contributed by atoms with van der Waals surface area (Å²) in [4.78, 5) is 0.445. The number of sulfone groups is 1. The third-order valence-electron chi connectivity index (χ3n) is 3.24. The molecule has 0 saturated carbocycles. The van der Waals surface area contributed by atoms with Crippen LogP contribution in [0.15, 0.2) is 23.1 Å². The largest absolute Gasteiger partial charge is 0.379 e. The maximum Gasteiger partial charge on any atom is 0.182 e. The molecular formula is C13H20N2O2S. The van der Waals surface area contributed by atoms with Crippen LogP contribution in [0.4, 0.5) is 5.69 Å². The van der Waals surface area contributed by atoms with Crippen molar-refractivity contribution in [1.82, 2.24) is 5.32 Å². The lowest BCUT2D eigenvalue weighted by Crippen LogP contribution is -2.40. The Balaban J connectivity index is 2.43. The van der Waals surface area contributed by atoms with Gasteiger partial charge in [0.1, 0.15) is 0 Å². The van der Waals surface area contributed by atoms with E-state index in [4.69, 9.17) is 0 Å². The molecule has 2 N–H and O–H groups in total. The summed E-state index contributed by atoms with van der Waals surface area (Å²) in [5.74, 6) is 0.489. The Morgan fingerprint density at radius 2 is 2.17 bits per heavy atom. The van der Waals surface area contributed by atoms with Crippen LogP contribution in [-0.2, 0) is 9.84 Å². The van der Waals surface area contributed by atoms with E-state index < -0.39 is 9.84 Å². The zero-order chi connectivity index (χ0) is 13.3. The maximum absolute atomic E-state index is 12.3. The molecule has 4 nitrogen and oxygen atoms in total. The second kappa shape index (κ2) is 4.90. The molecular weight excluding hydrogens is 248 g/mol. The second-order valence-electron chi connectivity index (χ2n) is 5.09. The molecule has 0 aromatic heterocycles. The Labute approximate surface area is 109 Å².